The van der Waals surface area contributed by atoms with Gasteiger partial charge in [-0.05, 0) is 79.6 Å². The van der Waals surface area contributed by atoms with Crippen molar-refractivity contribution in [1.29, 1.82) is 0 Å². The van der Waals surface area contributed by atoms with Gasteiger partial charge in [-0.15, -0.1) is 12.4 Å². The first kappa shape index (κ1) is 34.2. The maximum absolute atomic E-state index is 12.8. The molecule has 0 saturated heterocycles. The molecule has 0 spiro atoms. The van der Waals surface area contributed by atoms with Gasteiger partial charge in [0.15, 0.2) is 0 Å². The molecule has 0 atom stereocenters. The Labute approximate surface area is 257 Å². The Bertz CT molecular complexity index is 1380. The normalized spacial score (nSPS) is 11.5. The van der Waals surface area contributed by atoms with Gasteiger partial charge in [0.25, 0.3) is 11.8 Å². The first-order valence-electron chi connectivity index (χ1n) is 13.0. The number of hydrogen-bond acceptors (Lipinski definition) is 6. The fourth-order valence-corrected chi connectivity index (χ4v) is 3.96. The smallest absolute Gasteiger partial charge is 0.257 e. The highest BCUT2D eigenvalue weighted by atomic mass is 35.5. The van der Waals surface area contributed by atoms with Crippen LogP contribution in [0.2, 0.25) is 5.02 Å². The number of anilines is 2. The molecule has 0 fully saturated rings. The standard InChI is InChI=1S/C30H35ClN6O4.ClH/c1-40-17-3-15-34-27(32)20-5-10-23(11-6-20)36-29(38)22-9-14-25(26(31)19-22)30(39)37-24-12-7-21(8-13-24)28(33)35-16-4-18-41-2;/h5-14,19H,3-4,15-18H2,1-2H3,(H2,32,34)(H2,33,35)(H,36,38)(H,37,39);1H. The topological polar surface area (TPSA) is 153 Å². The number of benzene rings is 3. The van der Waals surface area contributed by atoms with Crippen LogP contribution in [0, 0.1) is 0 Å². The number of nitrogens with zero attached hydrogens (tertiary/aromatic N) is 2. The summed E-state index contributed by atoms with van der Waals surface area (Å²) in [6.45, 7) is 2.37. The van der Waals surface area contributed by atoms with Gasteiger partial charge >= 0.3 is 0 Å². The number of carbonyl (C=O) groups excluding carboxylic acids is 2. The summed E-state index contributed by atoms with van der Waals surface area (Å²) < 4.78 is 10.0. The molecule has 12 heteroatoms. The van der Waals surface area contributed by atoms with Gasteiger partial charge in [-0.3, -0.25) is 19.6 Å². The van der Waals surface area contributed by atoms with Crippen molar-refractivity contribution in [2.45, 2.75) is 12.8 Å². The van der Waals surface area contributed by atoms with Crippen LogP contribution in [0.15, 0.2) is 76.7 Å². The van der Waals surface area contributed by atoms with E-state index in [0.29, 0.717) is 54.9 Å². The molecule has 2 amide bonds. The molecule has 3 aromatic rings. The third-order valence-corrected chi connectivity index (χ3v) is 6.24. The molecule has 0 heterocycles. The summed E-state index contributed by atoms with van der Waals surface area (Å²) >= 11 is 6.38. The number of amidine groups is 2. The van der Waals surface area contributed by atoms with Crippen molar-refractivity contribution in [3.05, 3.63) is 94.0 Å². The van der Waals surface area contributed by atoms with E-state index >= 15 is 0 Å². The molecular weight excluding hydrogens is 579 g/mol. The lowest BCUT2D eigenvalue weighted by Gasteiger charge is -2.10. The van der Waals surface area contributed by atoms with Crippen molar-refractivity contribution < 1.29 is 19.1 Å². The summed E-state index contributed by atoms with van der Waals surface area (Å²) in [6, 6.07) is 18.5. The molecule has 224 valence electrons. The number of ether oxygens (including phenoxy) is 2. The molecule has 0 aliphatic heterocycles. The van der Waals surface area contributed by atoms with E-state index in [4.69, 9.17) is 32.5 Å². The number of nitrogens with one attached hydrogen (secondary N) is 2. The van der Waals surface area contributed by atoms with E-state index in [-0.39, 0.29) is 28.9 Å². The van der Waals surface area contributed by atoms with Crippen molar-refractivity contribution in [1.82, 2.24) is 0 Å². The van der Waals surface area contributed by atoms with Crippen molar-refractivity contribution in [3.8, 4) is 0 Å². The van der Waals surface area contributed by atoms with Crippen LogP contribution in [0.4, 0.5) is 11.4 Å². The van der Waals surface area contributed by atoms with Crippen LogP contribution < -0.4 is 22.1 Å². The second kappa shape index (κ2) is 17.8. The van der Waals surface area contributed by atoms with E-state index in [0.717, 1.165) is 24.0 Å². The zero-order valence-electron chi connectivity index (χ0n) is 23.6. The Kier molecular flexibility index (Phi) is 14.5. The van der Waals surface area contributed by atoms with Crippen molar-refractivity contribution in [2.24, 2.45) is 21.5 Å². The summed E-state index contributed by atoms with van der Waals surface area (Å²) in [4.78, 5) is 34.3. The number of aliphatic imine (C=N–C) groups is 2. The molecule has 0 bridgehead atoms. The number of methoxy groups -OCH3 is 2. The Balaban J connectivity index is 0.00000616. The number of hydrogen-bond donors (Lipinski definition) is 4. The zero-order chi connectivity index (χ0) is 29.6. The number of nitrogens with two attached hydrogens (primary N) is 2. The fraction of sp³-hybridized carbons (Fsp3) is 0.267. The molecule has 0 radical (unpaired) electrons. The molecule has 6 N–H and O–H groups in total. The van der Waals surface area contributed by atoms with Gasteiger partial charge in [0.05, 0.1) is 10.6 Å². The van der Waals surface area contributed by atoms with Crippen LogP contribution in [-0.4, -0.2) is 64.0 Å². The first-order chi connectivity index (χ1) is 19.8. The van der Waals surface area contributed by atoms with Gasteiger partial charge in [-0.25, -0.2) is 0 Å². The minimum atomic E-state index is -0.409. The van der Waals surface area contributed by atoms with E-state index in [2.05, 4.69) is 20.6 Å². The van der Waals surface area contributed by atoms with E-state index < -0.39 is 5.91 Å². The molecule has 42 heavy (non-hydrogen) atoms. The summed E-state index contributed by atoms with van der Waals surface area (Å²) in [6.07, 6.45) is 1.56. The molecule has 0 saturated carbocycles. The SMILES string of the molecule is COCCCN=C(N)c1ccc(NC(=O)c2ccc(C(=O)Nc3ccc(C(N)=NCCCOC)cc3)c(Cl)c2)cc1.Cl. The van der Waals surface area contributed by atoms with Gasteiger partial charge < -0.3 is 31.6 Å². The third-order valence-electron chi connectivity index (χ3n) is 5.93. The van der Waals surface area contributed by atoms with Crippen molar-refractivity contribution in [3.63, 3.8) is 0 Å². The molecule has 10 nitrogen and oxygen atoms in total. The molecule has 0 unspecified atom stereocenters. The largest absolute Gasteiger partial charge is 0.385 e. The van der Waals surface area contributed by atoms with E-state index in [1.165, 1.54) is 12.1 Å². The lowest BCUT2D eigenvalue weighted by atomic mass is 10.1. The second-order valence-corrected chi connectivity index (χ2v) is 9.39. The average molecular weight is 616 g/mol. The number of rotatable bonds is 14. The van der Waals surface area contributed by atoms with Crippen LogP contribution in [0.5, 0.6) is 0 Å². The van der Waals surface area contributed by atoms with E-state index in [1.807, 2.05) is 0 Å². The van der Waals surface area contributed by atoms with Crippen LogP contribution in [0.3, 0.4) is 0 Å². The Hall–Kier alpha value is -3.96. The minimum absolute atomic E-state index is 0. The Morgan fingerprint density at radius 3 is 1.57 bits per heavy atom. The maximum atomic E-state index is 12.8. The summed E-state index contributed by atoms with van der Waals surface area (Å²) in [7, 11) is 3.28. The molecule has 0 aromatic heterocycles. The monoisotopic (exact) mass is 614 g/mol. The predicted octanol–water partition coefficient (Wildman–Crippen LogP) is 4.75. The lowest BCUT2D eigenvalue weighted by Crippen LogP contribution is -2.16. The van der Waals surface area contributed by atoms with Gasteiger partial charge in [-0.1, -0.05) is 11.6 Å². The molecular formula is C30H36Cl2N6O4. The first-order valence-corrected chi connectivity index (χ1v) is 13.4. The molecule has 0 aliphatic rings. The van der Waals surface area contributed by atoms with Gasteiger partial charge in [0.2, 0.25) is 0 Å². The Morgan fingerprint density at radius 1 is 0.714 bits per heavy atom. The van der Waals surface area contributed by atoms with Crippen LogP contribution in [0.25, 0.3) is 0 Å². The van der Waals surface area contributed by atoms with Gasteiger partial charge in [-0.2, -0.15) is 0 Å². The number of carbonyl (C=O) groups is 2. The quantitative estimate of drug-likeness (QED) is 0.117. The van der Waals surface area contributed by atoms with Gasteiger partial charge in [0, 0.05) is 68.6 Å². The fourth-order valence-electron chi connectivity index (χ4n) is 3.69. The predicted molar refractivity (Wildman–Crippen MR) is 172 cm³/mol. The van der Waals surface area contributed by atoms with Crippen LogP contribution in [-0.2, 0) is 9.47 Å². The van der Waals surface area contributed by atoms with Crippen molar-refractivity contribution in [2.75, 3.05) is 51.2 Å². The maximum Gasteiger partial charge on any atom is 0.257 e. The van der Waals surface area contributed by atoms with Crippen LogP contribution in [0.1, 0.15) is 44.7 Å². The zero-order valence-corrected chi connectivity index (χ0v) is 25.1. The number of halogens is 2. The lowest BCUT2D eigenvalue weighted by molar-refractivity contribution is 0.101. The van der Waals surface area contributed by atoms with Crippen molar-refractivity contribution >= 4 is 58.9 Å². The Morgan fingerprint density at radius 2 is 1.14 bits per heavy atom. The summed E-state index contributed by atoms with van der Waals surface area (Å²) in [5.74, 6) is 0.0543. The molecule has 3 aromatic carbocycles. The highest BCUT2D eigenvalue weighted by Gasteiger charge is 2.15. The minimum Gasteiger partial charge on any atom is -0.385 e. The van der Waals surface area contributed by atoms with E-state index in [1.54, 1.807) is 68.8 Å². The average Bonchev–Trinajstić information content (AvgIpc) is 2.98. The second-order valence-electron chi connectivity index (χ2n) is 8.98. The van der Waals surface area contributed by atoms with Crippen LogP contribution >= 0.6 is 24.0 Å². The molecule has 3 rings (SSSR count). The van der Waals surface area contributed by atoms with E-state index in [9.17, 15) is 9.59 Å². The highest BCUT2D eigenvalue weighted by Crippen LogP contribution is 2.21. The van der Waals surface area contributed by atoms with Gasteiger partial charge in [0.1, 0.15) is 11.7 Å². The number of amides is 2. The third kappa shape index (κ3) is 10.5. The highest BCUT2D eigenvalue weighted by molar-refractivity contribution is 6.35. The summed E-state index contributed by atoms with van der Waals surface area (Å²) in [5, 5.41) is 5.76. The summed E-state index contributed by atoms with van der Waals surface area (Å²) in [5.41, 5.74) is 15.2. The molecule has 0 aliphatic carbocycles.